The zero-order valence-electron chi connectivity index (χ0n) is 10.7. The summed E-state index contributed by atoms with van der Waals surface area (Å²) in [6, 6.07) is 6.84. The summed E-state index contributed by atoms with van der Waals surface area (Å²) in [7, 11) is 0. The van der Waals surface area contributed by atoms with Crippen LogP contribution in [0.2, 0.25) is 0 Å². The molecular weight excluding hydrogens is 274 g/mol. The number of nitrogens with zero attached hydrogens (tertiary/aromatic N) is 2. The van der Waals surface area contributed by atoms with Crippen LogP contribution in [0.1, 0.15) is 6.42 Å². The highest BCUT2D eigenvalue weighted by Gasteiger charge is 2.11. The van der Waals surface area contributed by atoms with Gasteiger partial charge in [-0.15, -0.1) is 6.58 Å². The summed E-state index contributed by atoms with van der Waals surface area (Å²) in [4.78, 5) is 16.8. The summed E-state index contributed by atoms with van der Waals surface area (Å²) >= 11 is 1.46. The van der Waals surface area contributed by atoms with E-state index >= 15 is 0 Å². The largest absolute Gasteiger partial charge is 0.325 e. The first-order valence-corrected chi connectivity index (χ1v) is 6.81. The van der Waals surface area contributed by atoms with Crippen LogP contribution in [0.15, 0.2) is 53.3 Å². The van der Waals surface area contributed by atoms with Gasteiger partial charge in [0, 0.05) is 10.6 Å². The van der Waals surface area contributed by atoms with Crippen molar-refractivity contribution in [3.63, 3.8) is 0 Å². The Balaban J connectivity index is 1.94. The van der Waals surface area contributed by atoms with E-state index in [0.717, 1.165) is 10.1 Å². The molecule has 0 saturated carbocycles. The molecule has 6 nitrogen and oxygen atoms in total. The first kappa shape index (κ1) is 14.3. The van der Waals surface area contributed by atoms with Crippen LogP contribution in [0.4, 0.5) is 5.69 Å². The normalized spacial score (nSPS) is 11.8. The number of carbonyl (C=O) groups is 1. The Labute approximate surface area is 120 Å². The lowest BCUT2D eigenvalue weighted by molar-refractivity contribution is -0.117. The Morgan fingerprint density at radius 3 is 2.85 bits per heavy atom. The molecule has 0 bridgehead atoms. The molecule has 0 saturated heterocycles. The maximum Gasteiger partial charge on any atom is 0.241 e. The molecule has 0 radical (unpaired) electrons. The fourth-order valence-corrected chi connectivity index (χ4v) is 2.18. The molecule has 0 aliphatic rings. The molecule has 4 N–H and O–H groups in total. The third-order valence-corrected chi connectivity index (χ3v) is 3.38. The number of anilines is 1. The molecule has 20 heavy (non-hydrogen) atoms. The highest BCUT2D eigenvalue weighted by Crippen LogP contribution is 2.25. The van der Waals surface area contributed by atoms with E-state index in [1.54, 1.807) is 6.08 Å². The summed E-state index contributed by atoms with van der Waals surface area (Å²) in [6.45, 7) is 3.56. The van der Waals surface area contributed by atoms with Gasteiger partial charge in [0.25, 0.3) is 0 Å². The SMILES string of the molecule is C=CCC(N)C(=O)Nc1ccc(Sc2ncn[nH]2)cc1. The van der Waals surface area contributed by atoms with E-state index in [1.807, 2.05) is 24.3 Å². The van der Waals surface area contributed by atoms with Gasteiger partial charge in [-0.05, 0) is 30.7 Å². The Morgan fingerprint density at radius 1 is 1.50 bits per heavy atom. The molecule has 1 aromatic carbocycles. The van der Waals surface area contributed by atoms with E-state index in [0.29, 0.717) is 12.1 Å². The Kier molecular flexibility index (Phi) is 4.91. The lowest BCUT2D eigenvalue weighted by Crippen LogP contribution is -2.34. The van der Waals surface area contributed by atoms with Gasteiger partial charge in [-0.1, -0.05) is 17.8 Å². The van der Waals surface area contributed by atoms with E-state index in [2.05, 4.69) is 27.1 Å². The predicted molar refractivity (Wildman–Crippen MR) is 78.4 cm³/mol. The summed E-state index contributed by atoms with van der Waals surface area (Å²) in [5.74, 6) is -0.222. The van der Waals surface area contributed by atoms with Crippen molar-refractivity contribution in [1.29, 1.82) is 0 Å². The Hall–Kier alpha value is -2.12. The van der Waals surface area contributed by atoms with Gasteiger partial charge in [0.2, 0.25) is 5.91 Å². The van der Waals surface area contributed by atoms with Crippen molar-refractivity contribution in [3.05, 3.63) is 43.2 Å². The number of hydrogen-bond acceptors (Lipinski definition) is 5. The Bertz CT molecular complexity index is 567. The second-order valence-electron chi connectivity index (χ2n) is 4.04. The third kappa shape index (κ3) is 3.94. The van der Waals surface area contributed by atoms with E-state index in [9.17, 15) is 4.79 Å². The highest BCUT2D eigenvalue weighted by atomic mass is 32.2. The van der Waals surface area contributed by atoms with Crippen LogP contribution in [0.3, 0.4) is 0 Å². The van der Waals surface area contributed by atoms with Crippen molar-refractivity contribution in [3.8, 4) is 0 Å². The molecule has 1 amide bonds. The van der Waals surface area contributed by atoms with Crippen LogP contribution in [0, 0.1) is 0 Å². The predicted octanol–water partition coefficient (Wildman–Crippen LogP) is 1.80. The van der Waals surface area contributed by atoms with Crippen LogP contribution in [-0.2, 0) is 4.79 Å². The Morgan fingerprint density at radius 2 is 2.25 bits per heavy atom. The fraction of sp³-hybridized carbons (Fsp3) is 0.154. The van der Waals surface area contributed by atoms with Gasteiger partial charge in [-0.3, -0.25) is 9.89 Å². The van der Waals surface area contributed by atoms with Gasteiger partial charge in [-0.2, -0.15) is 5.10 Å². The number of H-pyrrole nitrogens is 1. The number of nitrogens with one attached hydrogen (secondary N) is 2. The van der Waals surface area contributed by atoms with E-state index in [1.165, 1.54) is 18.1 Å². The molecular formula is C13H15N5OS. The van der Waals surface area contributed by atoms with Gasteiger partial charge in [-0.25, -0.2) is 4.98 Å². The van der Waals surface area contributed by atoms with E-state index in [-0.39, 0.29) is 5.91 Å². The quantitative estimate of drug-likeness (QED) is 0.705. The monoisotopic (exact) mass is 289 g/mol. The van der Waals surface area contributed by atoms with Crippen molar-refractivity contribution >= 4 is 23.4 Å². The summed E-state index contributed by atoms with van der Waals surface area (Å²) in [5.41, 5.74) is 6.39. The summed E-state index contributed by atoms with van der Waals surface area (Å²) in [5, 5.41) is 10.0. The average Bonchev–Trinajstić information content (AvgIpc) is 2.94. The molecule has 2 aromatic rings. The van der Waals surface area contributed by atoms with Crippen molar-refractivity contribution in [2.24, 2.45) is 5.73 Å². The second kappa shape index (κ2) is 6.88. The van der Waals surface area contributed by atoms with E-state index < -0.39 is 6.04 Å². The smallest absolute Gasteiger partial charge is 0.241 e. The standard InChI is InChI=1S/C13H15N5OS/c1-2-3-11(14)12(19)17-9-4-6-10(7-5-9)20-13-15-8-16-18-13/h2,4-8,11H,1,3,14H2,(H,17,19)(H,15,16,18). The van der Waals surface area contributed by atoms with Crippen LogP contribution in [0.25, 0.3) is 0 Å². The zero-order valence-corrected chi connectivity index (χ0v) is 11.6. The van der Waals surface area contributed by atoms with Crippen molar-refractivity contribution < 1.29 is 4.79 Å². The number of rotatable bonds is 6. The average molecular weight is 289 g/mol. The van der Waals surface area contributed by atoms with Gasteiger partial charge >= 0.3 is 0 Å². The van der Waals surface area contributed by atoms with E-state index in [4.69, 9.17) is 5.73 Å². The molecule has 7 heteroatoms. The number of aromatic nitrogens is 3. The minimum Gasteiger partial charge on any atom is -0.325 e. The minimum absolute atomic E-state index is 0.222. The van der Waals surface area contributed by atoms with Gasteiger partial charge in [0.1, 0.15) is 6.33 Å². The van der Waals surface area contributed by atoms with Crippen LogP contribution in [-0.4, -0.2) is 27.1 Å². The van der Waals surface area contributed by atoms with Crippen molar-refractivity contribution in [2.75, 3.05) is 5.32 Å². The van der Waals surface area contributed by atoms with Crippen LogP contribution >= 0.6 is 11.8 Å². The number of benzene rings is 1. The molecule has 0 fully saturated rings. The molecule has 0 aliphatic carbocycles. The number of hydrogen-bond donors (Lipinski definition) is 3. The maximum atomic E-state index is 11.7. The molecule has 0 aliphatic heterocycles. The summed E-state index contributed by atoms with van der Waals surface area (Å²) < 4.78 is 0. The van der Waals surface area contributed by atoms with Crippen molar-refractivity contribution in [1.82, 2.24) is 15.2 Å². The number of nitrogens with two attached hydrogens (primary N) is 1. The molecule has 104 valence electrons. The number of carbonyl (C=O) groups excluding carboxylic acids is 1. The molecule has 1 aromatic heterocycles. The number of aromatic amines is 1. The van der Waals surface area contributed by atoms with Crippen LogP contribution < -0.4 is 11.1 Å². The van der Waals surface area contributed by atoms with Crippen molar-refractivity contribution in [2.45, 2.75) is 22.5 Å². The highest BCUT2D eigenvalue weighted by molar-refractivity contribution is 7.99. The minimum atomic E-state index is -0.573. The fourth-order valence-electron chi connectivity index (χ4n) is 1.48. The molecule has 0 spiro atoms. The zero-order chi connectivity index (χ0) is 14.4. The molecule has 1 unspecified atom stereocenters. The third-order valence-electron chi connectivity index (χ3n) is 2.49. The van der Waals surface area contributed by atoms with Gasteiger partial charge in [0.15, 0.2) is 5.16 Å². The first-order valence-electron chi connectivity index (χ1n) is 5.99. The summed E-state index contributed by atoms with van der Waals surface area (Å²) in [6.07, 6.45) is 3.53. The maximum absolute atomic E-state index is 11.7. The number of amides is 1. The second-order valence-corrected chi connectivity index (χ2v) is 5.10. The lowest BCUT2D eigenvalue weighted by atomic mass is 10.2. The van der Waals surface area contributed by atoms with Gasteiger partial charge in [0.05, 0.1) is 6.04 Å². The van der Waals surface area contributed by atoms with Crippen LogP contribution in [0.5, 0.6) is 0 Å². The molecule has 2 rings (SSSR count). The van der Waals surface area contributed by atoms with Gasteiger partial charge < -0.3 is 11.1 Å². The first-order chi connectivity index (χ1) is 9.69. The topological polar surface area (TPSA) is 96.7 Å². The lowest BCUT2D eigenvalue weighted by Gasteiger charge is -2.10. The molecule has 1 heterocycles. The molecule has 1 atom stereocenters.